The molecule has 2 aliphatic rings. The van der Waals surface area contributed by atoms with Gasteiger partial charge < -0.3 is 9.64 Å². The van der Waals surface area contributed by atoms with Crippen molar-refractivity contribution in [1.82, 2.24) is 24.6 Å². The molecule has 2 aliphatic heterocycles. The lowest BCUT2D eigenvalue weighted by Crippen LogP contribution is -2.31. The molecule has 1 aromatic carbocycles. The van der Waals surface area contributed by atoms with Crippen LogP contribution in [0, 0.1) is 11.7 Å². The van der Waals surface area contributed by atoms with Crippen molar-refractivity contribution in [3.63, 3.8) is 0 Å². The molecule has 144 valence electrons. The number of carbonyl (C=O) groups is 1. The van der Waals surface area contributed by atoms with Crippen molar-refractivity contribution < 1.29 is 13.9 Å². The molecule has 2 fully saturated rings. The number of cyclic esters (lactones) is 1. The molecule has 4 rings (SSSR count). The highest BCUT2D eigenvalue weighted by Gasteiger charge is 2.26. The number of carbonyl (C=O) groups excluding carboxylic acids is 1. The number of benzene rings is 1. The van der Waals surface area contributed by atoms with Crippen LogP contribution in [0.5, 0.6) is 0 Å². The largest absolute Gasteiger partial charge is 0.448 e. The Hall–Kier alpha value is -2.48. The van der Waals surface area contributed by atoms with Gasteiger partial charge >= 0.3 is 6.09 Å². The first-order valence-corrected chi connectivity index (χ1v) is 9.40. The van der Waals surface area contributed by atoms with Crippen LogP contribution in [-0.2, 0) is 17.7 Å². The number of halogens is 1. The number of hydrogen-bond donors (Lipinski definition) is 0. The predicted molar refractivity (Wildman–Crippen MR) is 97.0 cm³/mol. The molecular weight excluding hydrogens is 349 g/mol. The third-order valence-electron chi connectivity index (χ3n) is 5.29. The zero-order valence-electron chi connectivity index (χ0n) is 15.5. The van der Waals surface area contributed by atoms with Crippen LogP contribution < -0.4 is 0 Å². The van der Waals surface area contributed by atoms with Crippen LogP contribution >= 0.6 is 0 Å². The minimum atomic E-state index is -0.366. The summed E-state index contributed by atoms with van der Waals surface area (Å²) in [5.41, 5.74) is 0.349. The van der Waals surface area contributed by atoms with Gasteiger partial charge in [0.15, 0.2) is 11.6 Å². The maximum absolute atomic E-state index is 14.4. The summed E-state index contributed by atoms with van der Waals surface area (Å²) < 4.78 is 20.9. The minimum absolute atomic E-state index is 0.258. The number of piperidine rings is 1. The Morgan fingerprint density at radius 2 is 2.00 bits per heavy atom. The normalized spacial score (nSPS) is 18.9. The highest BCUT2D eigenvalue weighted by atomic mass is 19.1. The SMILES string of the molecule is CN1CCC(Cc2nc(CN3CCOC3=O)n(-c3ccccc3F)n2)CC1. The van der Waals surface area contributed by atoms with Crippen LogP contribution in [0.3, 0.4) is 0 Å². The molecular formula is C19H24FN5O2. The van der Waals surface area contributed by atoms with Gasteiger partial charge in [0.2, 0.25) is 0 Å². The van der Waals surface area contributed by atoms with Crippen molar-refractivity contribution in [1.29, 1.82) is 0 Å². The molecule has 0 unspecified atom stereocenters. The Bertz CT molecular complexity index is 816. The molecule has 1 aromatic heterocycles. The van der Waals surface area contributed by atoms with Crippen molar-refractivity contribution in [3.8, 4) is 5.69 Å². The van der Waals surface area contributed by atoms with E-state index in [1.807, 2.05) is 0 Å². The molecule has 8 heteroatoms. The van der Waals surface area contributed by atoms with Gasteiger partial charge in [-0.25, -0.2) is 18.9 Å². The van der Waals surface area contributed by atoms with E-state index in [-0.39, 0.29) is 18.5 Å². The van der Waals surface area contributed by atoms with E-state index in [1.165, 1.54) is 10.7 Å². The fourth-order valence-electron chi connectivity index (χ4n) is 3.66. The first-order valence-electron chi connectivity index (χ1n) is 9.40. The molecule has 0 bridgehead atoms. The molecule has 27 heavy (non-hydrogen) atoms. The monoisotopic (exact) mass is 373 g/mol. The summed E-state index contributed by atoms with van der Waals surface area (Å²) in [4.78, 5) is 20.4. The highest BCUT2D eigenvalue weighted by Crippen LogP contribution is 2.22. The zero-order valence-corrected chi connectivity index (χ0v) is 15.5. The average molecular weight is 373 g/mol. The summed E-state index contributed by atoms with van der Waals surface area (Å²) in [6.07, 6.45) is 2.62. The second-order valence-corrected chi connectivity index (χ2v) is 7.29. The summed E-state index contributed by atoms with van der Waals surface area (Å²) >= 11 is 0. The third kappa shape index (κ3) is 3.95. The van der Waals surface area contributed by atoms with Crippen molar-refractivity contribution in [2.24, 2.45) is 5.92 Å². The fraction of sp³-hybridized carbons (Fsp3) is 0.526. The molecule has 0 radical (unpaired) electrons. The Kier molecular flexibility index (Phi) is 5.07. The summed E-state index contributed by atoms with van der Waals surface area (Å²) in [5, 5.41) is 4.59. The van der Waals surface area contributed by atoms with Crippen LogP contribution in [0.15, 0.2) is 24.3 Å². The maximum Gasteiger partial charge on any atom is 0.410 e. The first-order chi connectivity index (χ1) is 13.1. The number of amides is 1. The van der Waals surface area contributed by atoms with E-state index in [1.54, 1.807) is 23.1 Å². The molecule has 0 N–H and O–H groups in total. The Balaban J connectivity index is 1.60. The lowest BCUT2D eigenvalue weighted by molar-refractivity contribution is 0.156. The molecule has 0 aliphatic carbocycles. The van der Waals surface area contributed by atoms with Gasteiger partial charge in [0.1, 0.15) is 18.1 Å². The first kappa shape index (κ1) is 17.9. The Morgan fingerprint density at radius 3 is 2.70 bits per heavy atom. The number of rotatable bonds is 5. The van der Waals surface area contributed by atoms with Crippen molar-refractivity contribution >= 4 is 6.09 Å². The van der Waals surface area contributed by atoms with Gasteiger partial charge in [-0.3, -0.25) is 4.90 Å². The molecule has 2 saturated heterocycles. The maximum atomic E-state index is 14.4. The van der Waals surface area contributed by atoms with Gasteiger partial charge in [0.25, 0.3) is 0 Å². The quantitative estimate of drug-likeness (QED) is 0.804. The minimum Gasteiger partial charge on any atom is -0.448 e. The molecule has 1 amide bonds. The summed E-state index contributed by atoms with van der Waals surface area (Å²) in [7, 11) is 2.13. The smallest absolute Gasteiger partial charge is 0.410 e. The molecule has 0 saturated carbocycles. The van der Waals surface area contributed by atoms with Gasteiger partial charge in [-0.15, -0.1) is 0 Å². The van der Waals surface area contributed by atoms with E-state index in [0.717, 1.165) is 32.4 Å². The molecule has 0 atom stereocenters. The van der Waals surface area contributed by atoms with E-state index < -0.39 is 0 Å². The summed E-state index contributed by atoms with van der Waals surface area (Å²) in [6, 6.07) is 6.49. The van der Waals surface area contributed by atoms with Crippen molar-refractivity contribution in [3.05, 3.63) is 41.7 Å². The Morgan fingerprint density at radius 1 is 1.22 bits per heavy atom. The van der Waals surface area contributed by atoms with E-state index in [2.05, 4.69) is 22.0 Å². The second-order valence-electron chi connectivity index (χ2n) is 7.29. The topological polar surface area (TPSA) is 63.5 Å². The van der Waals surface area contributed by atoms with Gasteiger partial charge in [-0.05, 0) is 51.0 Å². The number of ether oxygens (including phenoxy) is 1. The van der Waals surface area contributed by atoms with Crippen LogP contribution in [0.25, 0.3) is 5.69 Å². The molecule has 0 spiro atoms. The zero-order chi connectivity index (χ0) is 18.8. The van der Waals surface area contributed by atoms with E-state index in [4.69, 9.17) is 4.74 Å². The number of likely N-dealkylation sites (tertiary alicyclic amines) is 1. The summed E-state index contributed by atoms with van der Waals surface area (Å²) in [6.45, 7) is 3.28. The molecule has 7 nitrogen and oxygen atoms in total. The number of nitrogens with zero attached hydrogens (tertiary/aromatic N) is 5. The van der Waals surface area contributed by atoms with Gasteiger partial charge in [0, 0.05) is 6.42 Å². The molecule has 2 aromatic rings. The number of aromatic nitrogens is 3. The molecule has 3 heterocycles. The average Bonchev–Trinajstić information content (AvgIpc) is 3.24. The number of hydrogen-bond acceptors (Lipinski definition) is 5. The van der Waals surface area contributed by atoms with E-state index in [0.29, 0.717) is 36.4 Å². The van der Waals surface area contributed by atoms with Crippen LogP contribution in [0.2, 0.25) is 0 Å². The predicted octanol–water partition coefficient (Wildman–Crippen LogP) is 2.24. The third-order valence-corrected chi connectivity index (χ3v) is 5.29. The standard InChI is InChI=1S/C19H24FN5O2/c1-23-8-6-14(7-9-23)12-17-21-18(13-24-10-11-27-19(24)26)25(22-17)16-5-3-2-4-15(16)20/h2-5,14H,6-13H2,1H3. The lowest BCUT2D eigenvalue weighted by Gasteiger charge is -2.28. The van der Waals surface area contributed by atoms with Gasteiger partial charge in [-0.2, -0.15) is 5.10 Å². The van der Waals surface area contributed by atoms with E-state index in [9.17, 15) is 9.18 Å². The van der Waals surface area contributed by atoms with Gasteiger partial charge in [-0.1, -0.05) is 12.1 Å². The lowest BCUT2D eigenvalue weighted by atomic mass is 9.94. The fourth-order valence-corrected chi connectivity index (χ4v) is 3.66. The Labute approximate surface area is 157 Å². The highest BCUT2D eigenvalue weighted by molar-refractivity contribution is 5.69. The van der Waals surface area contributed by atoms with Crippen LogP contribution in [-0.4, -0.2) is 63.9 Å². The second kappa shape index (κ2) is 7.64. The number of para-hydroxylation sites is 1. The van der Waals surface area contributed by atoms with Crippen LogP contribution in [0.1, 0.15) is 24.5 Å². The van der Waals surface area contributed by atoms with Crippen LogP contribution in [0.4, 0.5) is 9.18 Å². The summed E-state index contributed by atoms with van der Waals surface area (Å²) in [5.74, 6) is 1.43. The van der Waals surface area contributed by atoms with Crippen molar-refractivity contribution in [2.75, 3.05) is 33.3 Å². The van der Waals surface area contributed by atoms with E-state index >= 15 is 0 Å². The van der Waals surface area contributed by atoms with Crippen molar-refractivity contribution in [2.45, 2.75) is 25.8 Å². The van der Waals surface area contributed by atoms with Gasteiger partial charge in [0.05, 0.1) is 13.1 Å².